The van der Waals surface area contributed by atoms with E-state index in [0.29, 0.717) is 5.92 Å². The Bertz CT molecular complexity index is 515. The second-order valence-corrected chi connectivity index (χ2v) is 7.55. The highest BCUT2D eigenvalue weighted by Gasteiger charge is 2.32. The second-order valence-electron chi connectivity index (χ2n) is 6.40. The van der Waals surface area contributed by atoms with E-state index in [9.17, 15) is 13.2 Å². The summed E-state index contributed by atoms with van der Waals surface area (Å²) < 4.78 is 38.9. The Labute approximate surface area is 139 Å². The number of hydrogen-bond donors (Lipinski definition) is 1. The molecule has 1 unspecified atom stereocenters. The van der Waals surface area contributed by atoms with Crippen molar-refractivity contribution in [2.75, 3.05) is 37.7 Å². The van der Waals surface area contributed by atoms with Crippen LogP contribution in [0.25, 0.3) is 0 Å². The van der Waals surface area contributed by atoms with Crippen LogP contribution in [0.4, 0.5) is 13.2 Å². The van der Waals surface area contributed by atoms with Gasteiger partial charge in [-0.05, 0) is 49.5 Å². The molecule has 2 fully saturated rings. The SMILES string of the molecule is FC(F)(F)c1cccc(C2CSCCN2CC2CCNCC2)c1. The molecule has 1 aromatic rings. The van der Waals surface area contributed by atoms with E-state index >= 15 is 0 Å². The van der Waals surface area contributed by atoms with Crippen LogP contribution in [0.2, 0.25) is 0 Å². The van der Waals surface area contributed by atoms with Gasteiger partial charge in [0.25, 0.3) is 0 Å². The first-order valence-corrected chi connectivity index (χ1v) is 9.39. The number of thioether (sulfide) groups is 1. The van der Waals surface area contributed by atoms with Crippen molar-refractivity contribution < 1.29 is 13.2 Å². The van der Waals surface area contributed by atoms with Gasteiger partial charge in [0.2, 0.25) is 0 Å². The van der Waals surface area contributed by atoms with Gasteiger partial charge in [-0.2, -0.15) is 24.9 Å². The van der Waals surface area contributed by atoms with E-state index in [-0.39, 0.29) is 6.04 Å². The lowest BCUT2D eigenvalue weighted by Crippen LogP contribution is -2.42. The average Bonchev–Trinajstić information content (AvgIpc) is 2.56. The maximum atomic E-state index is 13.0. The summed E-state index contributed by atoms with van der Waals surface area (Å²) >= 11 is 1.84. The second kappa shape index (κ2) is 7.45. The van der Waals surface area contributed by atoms with Gasteiger partial charge in [-0.1, -0.05) is 12.1 Å². The smallest absolute Gasteiger partial charge is 0.317 e. The summed E-state index contributed by atoms with van der Waals surface area (Å²) in [5.74, 6) is 2.61. The minimum atomic E-state index is -4.27. The van der Waals surface area contributed by atoms with Crippen molar-refractivity contribution in [1.82, 2.24) is 10.2 Å². The van der Waals surface area contributed by atoms with Crippen LogP contribution in [-0.2, 0) is 6.18 Å². The third kappa shape index (κ3) is 4.43. The van der Waals surface area contributed by atoms with Gasteiger partial charge >= 0.3 is 6.18 Å². The summed E-state index contributed by atoms with van der Waals surface area (Å²) in [6.07, 6.45) is -1.93. The molecule has 0 aromatic heterocycles. The van der Waals surface area contributed by atoms with E-state index in [2.05, 4.69) is 10.2 Å². The molecule has 1 N–H and O–H groups in total. The van der Waals surface area contributed by atoms with Gasteiger partial charge in [0.1, 0.15) is 0 Å². The first kappa shape index (κ1) is 17.1. The van der Waals surface area contributed by atoms with Crippen LogP contribution in [0.15, 0.2) is 24.3 Å². The molecule has 2 aliphatic rings. The molecule has 0 spiro atoms. The summed E-state index contributed by atoms with van der Waals surface area (Å²) in [4.78, 5) is 2.40. The molecule has 0 radical (unpaired) electrons. The Balaban J connectivity index is 1.75. The van der Waals surface area contributed by atoms with E-state index in [0.717, 1.165) is 49.3 Å². The molecule has 0 saturated carbocycles. The molecule has 6 heteroatoms. The Morgan fingerprint density at radius 3 is 2.74 bits per heavy atom. The minimum absolute atomic E-state index is 0.103. The largest absolute Gasteiger partial charge is 0.416 e. The molecule has 23 heavy (non-hydrogen) atoms. The van der Waals surface area contributed by atoms with E-state index in [1.807, 2.05) is 17.8 Å². The van der Waals surface area contributed by atoms with Crippen LogP contribution >= 0.6 is 11.8 Å². The minimum Gasteiger partial charge on any atom is -0.317 e. The molecular formula is C17H23F3N2S. The zero-order valence-electron chi connectivity index (χ0n) is 13.1. The molecule has 0 bridgehead atoms. The van der Waals surface area contributed by atoms with Gasteiger partial charge in [-0.3, -0.25) is 4.90 Å². The summed E-state index contributed by atoms with van der Waals surface area (Å²) in [6.45, 7) is 4.08. The molecule has 0 aliphatic carbocycles. The van der Waals surface area contributed by atoms with Crippen LogP contribution in [0.3, 0.4) is 0 Å². The van der Waals surface area contributed by atoms with E-state index in [1.54, 1.807) is 6.07 Å². The number of hydrogen-bond acceptors (Lipinski definition) is 3. The number of rotatable bonds is 3. The van der Waals surface area contributed by atoms with Crippen LogP contribution in [0.5, 0.6) is 0 Å². The molecule has 2 aliphatic heterocycles. The highest BCUT2D eigenvalue weighted by atomic mass is 32.2. The summed E-state index contributed by atoms with van der Waals surface area (Å²) in [6, 6.07) is 6.00. The standard InChI is InChI=1S/C17H23F3N2S/c18-17(19,20)15-3-1-2-14(10-15)16-12-23-9-8-22(16)11-13-4-6-21-7-5-13/h1-3,10,13,16,21H,4-9,11-12H2. The molecule has 0 amide bonds. The van der Waals surface area contributed by atoms with Gasteiger partial charge in [0.05, 0.1) is 5.56 Å². The number of nitrogens with zero attached hydrogens (tertiary/aromatic N) is 1. The van der Waals surface area contributed by atoms with Gasteiger partial charge in [0.15, 0.2) is 0 Å². The summed E-state index contributed by atoms with van der Waals surface area (Å²) in [5.41, 5.74) is 0.272. The third-order valence-corrected chi connectivity index (χ3v) is 5.81. The summed E-state index contributed by atoms with van der Waals surface area (Å²) in [5, 5.41) is 3.37. The van der Waals surface area contributed by atoms with Crippen molar-refractivity contribution in [1.29, 1.82) is 0 Å². The molecule has 128 valence electrons. The van der Waals surface area contributed by atoms with Gasteiger partial charge < -0.3 is 5.32 Å². The van der Waals surface area contributed by atoms with E-state index in [4.69, 9.17) is 0 Å². The predicted molar refractivity (Wildman–Crippen MR) is 88.7 cm³/mol. The van der Waals surface area contributed by atoms with Crippen LogP contribution in [0.1, 0.15) is 30.0 Å². The maximum Gasteiger partial charge on any atom is 0.416 e. The van der Waals surface area contributed by atoms with Crippen molar-refractivity contribution >= 4 is 11.8 Å². The molecule has 1 aromatic carbocycles. The first-order chi connectivity index (χ1) is 11.0. The summed E-state index contributed by atoms with van der Waals surface area (Å²) in [7, 11) is 0. The fourth-order valence-electron chi connectivity index (χ4n) is 3.48. The number of benzene rings is 1. The van der Waals surface area contributed by atoms with Gasteiger partial charge in [-0.15, -0.1) is 0 Å². The van der Waals surface area contributed by atoms with Crippen molar-refractivity contribution in [3.05, 3.63) is 35.4 Å². The zero-order valence-corrected chi connectivity index (χ0v) is 13.9. The number of halogens is 3. The molecule has 2 saturated heterocycles. The number of nitrogens with one attached hydrogen (secondary N) is 1. The molecule has 3 rings (SSSR count). The van der Waals surface area contributed by atoms with Crippen LogP contribution < -0.4 is 5.32 Å². The molecular weight excluding hydrogens is 321 g/mol. The van der Waals surface area contributed by atoms with Crippen LogP contribution in [0, 0.1) is 5.92 Å². The Kier molecular flexibility index (Phi) is 5.54. The Morgan fingerprint density at radius 1 is 1.22 bits per heavy atom. The maximum absolute atomic E-state index is 13.0. The lowest BCUT2D eigenvalue weighted by atomic mass is 9.95. The van der Waals surface area contributed by atoms with Crippen LogP contribution in [-0.4, -0.2) is 42.6 Å². The average molecular weight is 344 g/mol. The Morgan fingerprint density at radius 2 is 2.00 bits per heavy atom. The molecule has 2 heterocycles. The third-order valence-electron chi connectivity index (χ3n) is 4.79. The number of piperidine rings is 1. The monoisotopic (exact) mass is 344 g/mol. The zero-order chi connectivity index (χ0) is 16.3. The fraction of sp³-hybridized carbons (Fsp3) is 0.647. The fourth-order valence-corrected chi connectivity index (χ4v) is 4.64. The van der Waals surface area contributed by atoms with Gasteiger partial charge in [0, 0.05) is 30.6 Å². The Hall–Kier alpha value is -0.720. The quantitative estimate of drug-likeness (QED) is 0.898. The highest BCUT2D eigenvalue weighted by molar-refractivity contribution is 7.99. The van der Waals surface area contributed by atoms with Crippen molar-refractivity contribution in [3.8, 4) is 0 Å². The first-order valence-electron chi connectivity index (χ1n) is 8.24. The lowest BCUT2D eigenvalue weighted by Gasteiger charge is -2.39. The van der Waals surface area contributed by atoms with E-state index in [1.165, 1.54) is 18.9 Å². The van der Waals surface area contributed by atoms with Crippen molar-refractivity contribution in [2.24, 2.45) is 5.92 Å². The topological polar surface area (TPSA) is 15.3 Å². The predicted octanol–water partition coefficient (Wildman–Crippen LogP) is 3.79. The normalized spacial score (nSPS) is 24.7. The van der Waals surface area contributed by atoms with Crippen molar-refractivity contribution in [3.63, 3.8) is 0 Å². The lowest BCUT2D eigenvalue weighted by molar-refractivity contribution is -0.137. The molecule has 1 atom stereocenters. The van der Waals surface area contributed by atoms with Crippen molar-refractivity contribution in [2.45, 2.75) is 25.1 Å². The van der Waals surface area contributed by atoms with E-state index < -0.39 is 11.7 Å². The highest BCUT2D eigenvalue weighted by Crippen LogP contribution is 2.35. The number of alkyl halides is 3. The molecule has 2 nitrogen and oxygen atoms in total. The van der Waals surface area contributed by atoms with Gasteiger partial charge in [-0.25, -0.2) is 0 Å².